The molecule has 21 heavy (non-hydrogen) atoms. The van der Waals surface area contributed by atoms with Crippen LogP contribution in [0.4, 0.5) is 10.2 Å². The van der Waals surface area contributed by atoms with Gasteiger partial charge in [0, 0.05) is 23.9 Å². The van der Waals surface area contributed by atoms with Gasteiger partial charge in [-0.2, -0.15) is 0 Å². The summed E-state index contributed by atoms with van der Waals surface area (Å²) in [6.07, 6.45) is 2.92. The molecule has 0 radical (unpaired) electrons. The van der Waals surface area contributed by atoms with Gasteiger partial charge in [-0.25, -0.2) is 14.4 Å². The minimum Gasteiger partial charge on any atom is -0.370 e. The summed E-state index contributed by atoms with van der Waals surface area (Å²) in [6.45, 7) is 5.07. The van der Waals surface area contributed by atoms with E-state index in [0.717, 1.165) is 37.3 Å². The van der Waals surface area contributed by atoms with Gasteiger partial charge >= 0.3 is 0 Å². The highest BCUT2D eigenvalue weighted by Crippen LogP contribution is 2.23. The molecule has 2 aromatic rings. The maximum atomic E-state index is 13.7. The number of nitrogens with zero attached hydrogens (tertiary/aromatic N) is 2. The Morgan fingerprint density at radius 3 is 2.62 bits per heavy atom. The lowest BCUT2D eigenvalue weighted by Gasteiger charge is -2.09. The number of aryl methyl sites for hydroxylation is 1. The fraction of sp³-hybridized carbons (Fsp3) is 0.375. The summed E-state index contributed by atoms with van der Waals surface area (Å²) in [4.78, 5) is 9.03. The number of aromatic nitrogens is 2. The van der Waals surface area contributed by atoms with Crippen molar-refractivity contribution in [3.05, 3.63) is 40.2 Å². The van der Waals surface area contributed by atoms with E-state index in [1.807, 2.05) is 12.1 Å². The number of benzene rings is 1. The smallest absolute Gasteiger partial charge is 0.161 e. The van der Waals surface area contributed by atoms with E-state index in [-0.39, 0.29) is 5.82 Å². The highest BCUT2D eigenvalue weighted by Gasteiger charge is 2.09. The Hall–Kier alpha value is -1.49. The zero-order chi connectivity index (χ0) is 15.2. The molecule has 0 aliphatic rings. The van der Waals surface area contributed by atoms with Gasteiger partial charge in [-0.1, -0.05) is 20.3 Å². The average Bonchev–Trinajstić information content (AvgIpc) is 2.48. The third-order valence-electron chi connectivity index (χ3n) is 3.02. The number of halogens is 2. The summed E-state index contributed by atoms with van der Waals surface area (Å²) < 4.78 is 14.1. The fourth-order valence-electron chi connectivity index (χ4n) is 1.99. The van der Waals surface area contributed by atoms with Crippen LogP contribution in [0.2, 0.25) is 0 Å². The monoisotopic (exact) mass is 351 g/mol. The van der Waals surface area contributed by atoms with E-state index >= 15 is 0 Å². The summed E-state index contributed by atoms with van der Waals surface area (Å²) in [5, 5.41) is 3.28. The first-order valence-corrected chi connectivity index (χ1v) is 8.00. The van der Waals surface area contributed by atoms with E-state index in [0.29, 0.717) is 15.9 Å². The fourth-order valence-corrected chi connectivity index (χ4v) is 2.24. The Morgan fingerprint density at radius 1 is 1.14 bits per heavy atom. The van der Waals surface area contributed by atoms with Crippen molar-refractivity contribution in [3.8, 4) is 11.4 Å². The molecule has 0 fully saturated rings. The first-order valence-electron chi connectivity index (χ1n) is 7.21. The Kier molecular flexibility index (Phi) is 5.67. The van der Waals surface area contributed by atoms with Gasteiger partial charge in [0.25, 0.3) is 0 Å². The second kappa shape index (κ2) is 7.50. The normalized spacial score (nSPS) is 10.7. The molecule has 1 N–H and O–H groups in total. The van der Waals surface area contributed by atoms with Crippen LogP contribution >= 0.6 is 15.9 Å². The summed E-state index contributed by atoms with van der Waals surface area (Å²) in [5.74, 6) is 1.06. The molecule has 0 saturated heterocycles. The topological polar surface area (TPSA) is 37.8 Å². The number of nitrogens with one attached hydrogen (secondary N) is 1. The largest absolute Gasteiger partial charge is 0.370 e. The van der Waals surface area contributed by atoms with Crippen LogP contribution in [0.3, 0.4) is 0 Å². The summed E-state index contributed by atoms with van der Waals surface area (Å²) in [5.41, 5.74) is 1.66. The lowest BCUT2D eigenvalue weighted by atomic mass is 10.2. The highest BCUT2D eigenvalue weighted by molar-refractivity contribution is 9.10. The first kappa shape index (κ1) is 15.9. The number of anilines is 1. The highest BCUT2D eigenvalue weighted by atomic mass is 79.9. The predicted octanol–water partition coefficient (Wildman–Crippen LogP) is 4.82. The Balaban J connectivity index is 2.40. The second-order valence-electron chi connectivity index (χ2n) is 4.87. The van der Waals surface area contributed by atoms with Crippen molar-refractivity contribution in [1.29, 1.82) is 0 Å². The molecule has 5 heteroatoms. The van der Waals surface area contributed by atoms with E-state index in [9.17, 15) is 4.39 Å². The molecule has 112 valence electrons. The van der Waals surface area contributed by atoms with Crippen LogP contribution in [0.15, 0.2) is 28.7 Å². The number of hydrogen-bond donors (Lipinski definition) is 1. The van der Waals surface area contributed by atoms with E-state index in [1.54, 1.807) is 6.07 Å². The molecule has 0 unspecified atom stereocenters. The molecule has 1 aromatic carbocycles. The zero-order valence-corrected chi connectivity index (χ0v) is 13.9. The molecule has 1 aromatic heterocycles. The molecule has 0 saturated carbocycles. The van der Waals surface area contributed by atoms with Crippen LogP contribution in [-0.2, 0) is 6.42 Å². The molecule has 0 aliphatic heterocycles. The lowest BCUT2D eigenvalue weighted by Crippen LogP contribution is -2.05. The van der Waals surface area contributed by atoms with Crippen molar-refractivity contribution in [3.63, 3.8) is 0 Å². The van der Waals surface area contributed by atoms with Crippen molar-refractivity contribution < 1.29 is 4.39 Å². The van der Waals surface area contributed by atoms with Gasteiger partial charge in [0.15, 0.2) is 5.82 Å². The van der Waals surface area contributed by atoms with Crippen molar-refractivity contribution in [1.82, 2.24) is 9.97 Å². The van der Waals surface area contributed by atoms with E-state index in [2.05, 4.69) is 45.1 Å². The third kappa shape index (κ3) is 4.24. The summed E-state index contributed by atoms with van der Waals surface area (Å²) in [6, 6.07) is 6.93. The van der Waals surface area contributed by atoms with Gasteiger partial charge in [0.1, 0.15) is 11.6 Å². The summed E-state index contributed by atoms with van der Waals surface area (Å²) in [7, 11) is 0. The first-order chi connectivity index (χ1) is 10.1. The quantitative estimate of drug-likeness (QED) is 0.810. The minimum absolute atomic E-state index is 0.305. The molecule has 0 spiro atoms. The molecule has 3 nitrogen and oxygen atoms in total. The van der Waals surface area contributed by atoms with Gasteiger partial charge in [0.2, 0.25) is 0 Å². The van der Waals surface area contributed by atoms with Crippen LogP contribution in [-0.4, -0.2) is 16.5 Å². The molecule has 0 amide bonds. The van der Waals surface area contributed by atoms with E-state index < -0.39 is 0 Å². The molecular formula is C16H19BrFN3. The molecule has 0 atom stereocenters. The molecule has 1 heterocycles. The van der Waals surface area contributed by atoms with Crippen LogP contribution < -0.4 is 5.32 Å². The maximum absolute atomic E-state index is 13.7. The standard InChI is InChI=1S/C16H19BrFN3/c1-3-5-12-10-15(19-8-4-2)21-16(20-12)11-6-7-13(17)14(18)9-11/h6-7,9-10H,3-5,8H2,1-2H3,(H,19,20,21). The van der Waals surface area contributed by atoms with E-state index in [1.165, 1.54) is 6.07 Å². The molecular weight excluding hydrogens is 333 g/mol. The van der Waals surface area contributed by atoms with Crippen LogP contribution in [0.5, 0.6) is 0 Å². The Bertz CT molecular complexity index is 616. The maximum Gasteiger partial charge on any atom is 0.161 e. The van der Waals surface area contributed by atoms with Gasteiger partial charge in [-0.15, -0.1) is 0 Å². The lowest BCUT2D eigenvalue weighted by molar-refractivity contribution is 0.621. The van der Waals surface area contributed by atoms with Gasteiger partial charge < -0.3 is 5.32 Å². The molecule has 2 rings (SSSR count). The van der Waals surface area contributed by atoms with Crippen LogP contribution in [0.25, 0.3) is 11.4 Å². The van der Waals surface area contributed by atoms with Gasteiger partial charge in [0.05, 0.1) is 4.47 Å². The zero-order valence-electron chi connectivity index (χ0n) is 12.3. The van der Waals surface area contributed by atoms with Gasteiger partial charge in [-0.3, -0.25) is 0 Å². The number of hydrogen-bond acceptors (Lipinski definition) is 3. The SMILES string of the molecule is CCCNc1cc(CCC)nc(-c2ccc(Br)c(F)c2)n1. The van der Waals surface area contributed by atoms with Crippen LogP contribution in [0, 0.1) is 5.82 Å². The van der Waals surface area contributed by atoms with E-state index in [4.69, 9.17) is 0 Å². The van der Waals surface area contributed by atoms with Crippen molar-refractivity contribution in [2.75, 3.05) is 11.9 Å². The van der Waals surface area contributed by atoms with Gasteiger partial charge in [-0.05, 0) is 47.0 Å². The van der Waals surface area contributed by atoms with Crippen LogP contribution in [0.1, 0.15) is 32.4 Å². The Labute approximate surface area is 133 Å². The number of rotatable bonds is 6. The second-order valence-corrected chi connectivity index (χ2v) is 5.73. The summed E-state index contributed by atoms with van der Waals surface area (Å²) >= 11 is 3.16. The Morgan fingerprint density at radius 2 is 1.95 bits per heavy atom. The predicted molar refractivity (Wildman–Crippen MR) is 87.9 cm³/mol. The third-order valence-corrected chi connectivity index (χ3v) is 3.66. The average molecular weight is 352 g/mol. The van der Waals surface area contributed by atoms with Crippen molar-refractivity contribution in [2.24, 2.45) is 0 Å². The molecule has 0 aliphatic carbocycles. The minimum atomic E-state index is -0.305. The molecule has 0 bridgehead atoms. The van der Waals surface area contributed by atoms with Crippen molar-refractivity contribution in [2.45, 2.75) is 33.1 Å². The van der Waals surface area contributed by atoms with Crippen molar-refractivity contribution >= 4 is 21.7 Å².